The SMILES string of the molecule is Cc1cc(C#N)ccc1-c1ncc2c(n1)CCN(C(=O)OC(C)(C)C)C2. The summed E-state index contributed by atoms with van der Waals surface area (Å²) in [5.74, 6) is 0.649. The molecule has 0 radical (unpaired) electrons. The number of fused-ring (bicyclic) bond motifs is 1. The minimum atomic E-state index is -0.509. The fraction of sp³-hybridized carbons (Fsp3) is 0.400. The van der Waals surface area contributed by atoms with Gasteiger partial charge < -0.3 is 9.64 Å². The Kier molecular flexibility index (Phi) is 4.64. The van der Waals surface area contributed by atoms with Gasteiger partial charge in [-0.15, -0.1) is 0 Å². The lowest BCUT2D eigenvalue weighted by Crippen LogP contribution is -2.40. The van der Waals surface area contributed by atoms with Gasteiger partial charge in [-0.05, 0) is 51.5 Å². The molecule has 1 aromatic carbocycles. The van der Waals surface area contributed by atoms with E-state index in [9.17, 15) is 4.79 Å². The van der Waals surface area contributed by atoms with Gasteiger partial charge in [0.2, 0.25) is 0 Å². The quantitative estimate of drug-likeness (QED) is 0.785. The number of nitriles is 1. The van der Waals surface area contributed by atoms with E-state index in [1.165, 1.54) is 0 Å². The van der Waals surface area contributed by atoms with Crippen molar-refractivity contribution in [3.05, 3.63) is 46.8 Å². The van der Waals surface area contributed by atoms with E-state index in [0.717, 1.165) is 22.4 Å². The first-order valence-corrected chi connectivity index (χ1v) is 8.60. The second kappa shape index (κ2) is 6.75. The molecule has 6 heteroatoms. The van der Waals surface area contributed by atoms with Crippen LogP contribution >= 0.6 is 0 Å². The minimum absolute atomic E-state index is 0.310. The van der Waals surface area contributed by atoms with E-state index in [1.54, 1.807) is 17.2 Å². The van der Waals surface area contributed by atoms with Crippen molar-refractivity contribution >= 4 is 6.09 Å². The largest absolute Gasteiger partial charge is 0.444 e. The number of hydrogen-bond donors (Lipinski definition) is 0. The topological polar surface area (TPSA) is 79.1 Å². The Hall–Kier alpha value is -2.94. The van der Waals surface area contributed by atoms with Crippen molar-refractivity contribution in [2.75, 3.05) is 6.54 Å². The average molecular weight is 350 g/mol. The first-order chi connectivity index (χ1) is 12.3. The van der Waals surface area contributed by atoms with Crippen LogP contribution < -0.4 is 0 Å². The zero-order chi connectivity index (χ0) is 18.9. The molecule has 0 fully saturated rings. The van der Waals surface area contributed by atoms with Gasteiger partial charge in [-0.2, -0.15) is 5.26 Å². The molecular weight excluding hydrogens is 328 g/mol. The molecule has 2 heterocycles. The van der Waals surface area contributed by atoms with Crippen LogP contribution in [0.15, 0.2) is 24.4 Å². The number of aromatic nitrogens is 2. The number of carbonyl (C=O) groups excluding carboxylic acids is 1. The Morgan fingerprint density at radius 2 is 2.12 bits per heavy atom. The van der Waals surface area contributed by atoms with Crippen LogP contribution in [-0.2, 0) is 17.7 Å². The molecule has 0 unspecified atom stereocenters. The average Bonchev–Trinajstić information content (AvgIpc) is 2.59. The molecule has 3 rings (SSSR count). The summed E-state index contributed by atoms with van der Waals surface area (Å²) in [6.07, 6.45) is 2.14. The first-order valence-electron chi connectivity index (χ1n) is 8.60. The molecule has 0 bridgehead atoms. The van der Waals surface area contributed by atoms with Crippen LogP contribution in [0.2, 0.25) is 0 Å². The Labute approximate surface area is 153 Å². The summed E-state index contributed by atoms with van der Waals surface area (Å²) in [5.41, 5.74) is 3.90. The maximum absolute atomic E-state index is 12.3. The number of hydrogen-bond acceptors (Lipinski definition) is 5. The number of ether oxygens (including phenoxy) is 1. The lowest BCUT2D eigenvalue weighted by molar-refractivity contribution is 0.0222. The third kappa shape index (κ3) is 3.83. The van der Waals surface area contributed by atoms with Gasteiger partial charge in [0.1, 0.15) is 5.60 Å². The summed E-state index contributed by atoms with van der Waals surface area (Å²) in [4.78, 5) is 23.1. The monoisotopic (exact) mass is 350 g/mol. The minimum Gasteiger partial charge on any atom is -0.444 e. The van der Waals surface area contributed by atoms with Gasteiger partial charge >= 0.3 is 6.09 Å². The zero-order valence-electron chi connectivity index (χ0n) is 15.5. The lowest BCUT2D eigenvalue weighted by Gasteiger charge is -2.30. The van der Waals surface area contributed by atoms with E-state index in [4.69, 9.17) is 15.0 Å². The number of amides is 1. The molecule has 134 valence electrons. The van der Waals surface area contributed by atoms with Gasteiger partial charge in [-0.3, -0.25) is 0 Å². The van der Waals surface area contributed by atoms with Crippen molar-refractivity contribution in [2.24, 2.45) is 0 Å². The highest BCUT2D eigenvalue weighted by atomic mass is 16.6. The standard InChI is InChI=1S/C20H22N4O2/c1-13-9-14(10-21)5-6-16(13)18-22-11-15-12-24(8-7-17(15)23-18)19(25)26-20(2,3)4/h5-6,9,11H,7-8,12H2,1-4H3. The van der Waals surface area contributed by atoms with Crippen molar-refractivity contribution in [1.29, 1.82) is 5.26 Å². The van der Waals surface area contributed by atoms with E-state index < -0.39 is 5.60 Å². The number of aryl methyl sites for hydroxylation is 1. The van der Waals surface area contributed by atoms with Gasteiger partial charge in [0.25, 0.3) is 0 Å². The first kappa shape index (κ1) is 17.9. The number of benzene rings is 1. The molecule has 0 N–H and O–H groups in total. The van der Waals surface area contributed by atoms with E-state index in [1.807, 2.05) is 39.8 Å². The van der Waals surface area contributed by atoms with Gasteiger partial charge in [-0.1, -0.05) is 0 Å². The van der Waals surface area contributed by atoms with Crippen molar-refractivity contribution in [2.45, 2.75) is 46.3 Å². The van der Waals surface area contributed by atoms with Crippen molar-refractivity contribution in [1.82, 2.24) is 14.9 Å². The summed E-state index contributed by atoms with van der Waals surface area (Å²) in [5, 5.41) is 9.00. The fourth-order valence-electron chi connectivity index (χ4n) is 2.91. The molecule has 6 nitrogen and oxygen atoms in total. The molecule has 0 atom stereocenters. The second-order valence-electron chi connectivity index (χ2n) is 7.46. The van der Waals surface area contributed by atoms with Crippen LogP contribution in [-0.4, -0.2) is 33.1 Å². The van der Waals surface area contributed by atoms with Crippen LogP contribution in [0.25, 0.3) is 11.4 Å². The molecule has 26 heavy (non-hydrogen) atoms. The van der Waals surface area contributed by atoms with Gasteiger partial charge in [0.05, 0.1) is 23.9 Å². The molecular formula is C20H22N4O2. The Balaban J connectivity index is 1.81. The smallest absolute Gasteiger partial charge is 0.410 e. The molecule has 0 saturated heterocycles. The second-order valence-corrected chi connectivity index (χ2v) is 7.46. The van der Waals surface area contributed by atoms with Gasteiger partial charge in [0.15, 0.2) is 5.82 Å². The van der Waals surface area contributed by atoms with Crippen LogP contribution in [0, 0.1) is 18.3 Å². The number of nitrogens with zero attached hydrogens (tertiary/aromatic N) is 4. The maximum atomic E-state index is 12.3. The summed E-state index contributed by atoms with van der Waals surface area (Å²) < 4.78 is 5.44. The van der Waals surface area contributed by atoms with Gasteiger partial charge in [0, 0.05) is 30.3 Å². The number of rotatable bonds is 1. The van der Waals surface area contributed by atoms with Crippen LogP contribution in [0.4, 0.5) is 4.79 Å². The number of carbonyl (C=O) groups is 1. The Bertz CT molecular complexity index is 894. The molecule has 1 amide bonds. The molecule has 1 aliphatic rings. The normalized spacial score (nSPS) is 13.7. The summed E-state index contributed by atoms with van der Waals surface area (Å²) in [7, 11) is 0. The van der Waals surface area contributed by atoms with Crippen LogP contribution in [0.3, 0.4) is 0 Å². The summed E-state index contributed by atoms with van der Waals surface area (Å²) in [6.45, 7) is 8.55. The highest BCUT2D eigenvalue weighted by Crippen LogP contribution is 2.25. The van der Waals surface area contributed by atoms with Gasteiger partial charge in [-0.25, -0.2) is 14.8 Å². The third-order valence-corrected chi connectivity index (χ3v) is 4.18. The molecule has 0 spiro atoms. The fourth-order valence-corrected chi connectivity index (χ4v) is 2.91. The molecule has 0 aliphatic carbocycles. The predicted octanol–water partition coefficient (Wildman–Crippen LogP) is 3.62. The maximum Gasteiger partial charge on any atom is 0.410 e. The molecule has 2 aromatic rings. The highest BCUT2D eigenvalue weighted by molar-refractivity contribution is 5.68. The Morgan fingerprint density at radius 1 is 1.35 bits per heavy atom. The van der Waals surface area contributed by atoms with E-state index in [-0.39, 0.29) is 6.09 Å². The highest BCUT2D eigenvalue weighted by Gasteiger charge is 2.26. The van der Waals surface area contributed by atoms with Crippen molar-refractivity contribution < 1.29 is 9.53 Å². The molecule has 0 saturated carbocycles. The van der Waals surface area contributed by atoms with Crippen LogP contribution in [0.1, 0.15) is 43.2 Å². The lowest BCUT2D eigenvalue weighted by atomic mass is 10.0. The van der Waals surface area contributed by atoms with E-state index >= 15 is 0 Å². The summed E-state index contributed by atoms with van der Waals surface area (Å²) in [6, 6.07) is 7.63. The molecule has 1 aliphatic heterocycles. The predicted molar refractivity (Wildman–Crippen MR) is 97.3 cm³/mol. The van der Waals surface area contributed by atoms with E-state index in [0.29, 0.717) is 30.9 Å². The van der Waals surface area contributed by atoms with Crippen molar-refractivity contribution in [3.63, 3.8) is 0 Å². The van der Waals surface area contributed by atoms with Crippen molar-refractivity contribution in [3.8, 4) is 17.5 Å². The summed E-state index contributed by atoms with van der Waals surface area (Å²) >= 11 is 0. The third-order valence-electron chi connectivity index (χ3n) is 4.18. The zero-order valence-corrected chi connectivity index (χ0v) is 15.5. The van der Waals surface area contributed by atoms with Crippen LogP contribution in [0.5, 0.6) is 0 Å². The molecule has 1 aromatic heterocycles. The van der Waals surface area contributed by atoms with E-state index in [2.05, 4.69) is 11.1 Å². The Morgan fingerprint density at radius 3 is 2.77 bits per heavy atom.